The molecule has 5 heteroatoms. The summed E-state index contributed by atoms with van der Waals surface area (Å²) in [6.07, 6.45) is 2.80. The number of nitrogens with one attached hydrogen (secondary N) is 1. The highest BCUT2D eigenvalue weighted by atomic mass is 16.2. The highest BCUT2D eigenvalue weighted by molar-refractivity contribution is 5.78. The Morgan fingerprint density at radius 2 is 1.84 bits per heavy atom. The Labute approximate surface area is 115 Å². The molecule has 2 amide bonds. The van der Waals surface area contributed by atoms with E-state index in [1.807, 2.05) is 20.8 Å². The third-order valence-corrected chi connectivity index (χ3v) is 3.82. The van der Waals surface area contributed by atoms with E-state index in [0.29, 0.717) is 6.04 Å². The van der Waals surface area contributed by atoms with Gasteiger partial charge in [-0.2, -0.15) is 0 Å². The Kier molecular flexibility index (Phi) is 6.28. The number of nitrogens with zero attached hydrogens (tertiary/aromatic N) is 1. The molecule has 19 heavy (non-hydrogen) atoms. The second-order valence-corrected chi connectivity index (χ2v) is 5.87. The van der Waals surface area contributed by atoms with Crippen molar-refractivity contribution in [2.24, 2.45) is 17.6 Å². The van der Waals surface area contributed by atoms with Crippen LogP contribution in [0.2, 0.25) is 0 Å². The summed E-state index contributed by atoms with van der Waals surface area (Å²) < 4.78 is 0. The molecule has 1 unspecified atom stereocenters. The second-order valence-electron chi connectivity index (χ2n) is 5.87. The van der Waals surface area contributed by atoms with Crippen LogP contribution in [0.5, 0.6) is 0 Å². The van der Waals surface area contributed by atoms with E-state index in [9.17, 15) is 9.59 Å². The number of carbonyl (C=O) groups is 2. The molecule has 0 aromatic heterocycles. The van der Waals surface area contributed by atoms with Gasteiger partial charge in [0.15, 0.2) is 0 Å². The highest BCUT2D eigenvalue weighted by Crippen LogP contribution is 2.13. The fourth-order valence-electron chi connectivity index (χ4n) is 2.19. The third-order valence-electron chi connectivity index (χ3n) is 3.82. The van der Waals surface area contributed by atoms with E-state index >= 15 is 0 Å². The quantitative estimate of drug-likeness (QED) is 0.746. The molecule has 110 valence electrons. The van der Waals surface area contributed by atoms with Crippen LogP contribution in [-0.2, 0) is 9.59 Å². The molecule has 1 saturated heterocycles. The molecule has 1 aliphatic heterocycles. The van der Waals surface area contributed by atoms with E-state index in [2.05, 4.69) is 10.2 Å². The predicted octanol–water partition coefficient (Wildman–Crippen LogP) is 0.735. The van der Waals surface area contributed by atoms with Gasteiger partial charge in [-0.1, -0.05) is 20.8 Å². The van der Waals surface area contributed by atoms with Crippen molar-refractivity contribution in [1.82, 2.24) is 10.2 Å². The lowest BCUT2D eigenvalue weighted by Gasteiger charge is -2.33. The zero-order valence-electron chi connectivity index (χ0n) is 12.3. The molecule has 1 heterocycles. The van der Waals surface area contributed by atoms with Gasteiger partial charge in [0.25, 0.3) is 0 Å². The van der Waals surface area contributed by atoms with Crippen molar-refractivity contribution in [2.75, 3.05) is 19.6 Å². The zero-order valence-corrected chi connectivity index (χ0v) is 12.3. The molecular weight excluding hydrogens is 242 g/mol. The van der Waals surface area contributed by atoms with Gasteiger partial charge >= 0.3 is 0 Å². The lowest BCUT2D eigenvalue weighted by molar-refractivity contribution is -0.125. The Bertz CT molecular complexity index is 310. The van der Waals surface area contributed by atoms with E-state index in [1.54, 1.807) is 0 Å². The number of hydrogen-bond donors (Lipinski definition) is 2. The largest absolute Gasteiger partial charge is 0.369 e. The average molecular weight is 269 g/mol. The van der Waals surface area contributed by atoms with Gasteiger partial charge in [-0.05, 0) is 25.8 Å². The van der Waals surface area contributed by atoms with Crippen molar-refractivity contribution in [1.29, 1.82) is 0 Å². The molecule has 1 aliphatic rings. The first-order chi connectivity index (χ1) is 8.90. The minimum atomic E-state index is -0.223. The molecule has 1 fully saturated rings. The topological polar surface area (TPSA) is 75.4 Å². The van der Waals surface area contributed by atoms with Crippen LogP contribution in [0.1, 0.15) is 40.0 Å². The van der Waals surface area contributed by atoms with Crippen molar-refractivity contribution in [3.8, 4) is 0 Å². The van der Waals surface area contributed by atoms with Crippen LogP contribution in [0.3, 0.4) is 0 Å². The predicted molar refractivity (Wildman–Crippen MR) is 75.4 cm³/mol. The number of carbonyl (C=O) groups excluding carboxylic acids is 2. The number of rotatable bonds is 6. The fourth-order valence-corrected chi connectivity index (χ4v) is 2.19. The minimum Gasteiger partial charge on any atom is -0.369 e. The summed E-state index contributed by atoms with van der Waals surface area (Å²) in [5.74, 6) is -0.0901. The number of nitrogens with two attached hydrogens (primary N) is 1. The van der Waals surface area contributed by atoms with E-state index in [-0.39, 0.29) is 23.7 Å². The van der Waals surface area contributed by atoms with Crippen LogP contribution in [0, 0.1) is 11.8 Å². The van der Waals surface area contributed by atoms with Crippen LogP contribution in [0.25, 0.3) is 0 Å². The summed E-state index contributed by atoms with van der Waals surface area (Å²) in [6.45, 7) is 8.57. The maximum atomic E-state index is 11.6. The minimum absolute atomic E-state index is 0.0504. The molecule has 0 aromatic carbocycles. The molecule has 3 N–H and O–H groups in total. The summed E-state index contributed by atoms with van der Waals surface area (Å²) >= 11 is 0. The van der Waals surface area contributed by atoms with Gasteiger partial charge in [-0.25, -0.2) is 0 Å². The Hall–Kier alpha value is -1.10. The summed E-state index contributed by atoms with van der Waals surface area (Å²) in [6, 6.07) is 0.305. The first kappa shape index (κ1) is 16.0. The van der Waals surface area contributed by atoms with Crippen LogP contribution in [-0.4, -0.2) is 42.4 Å². The van der Waals surface area contributed by atoms with Gasteiger partial charge < -0.3 is 16.0 Å². The van der Waals surface area contributed by atoms with Crippen molar-refractivity contribution < 1.29 is 9.59 Å². The molecule has 0 bridgehead atoms. The van der Waals surface area contributed by atoms with Gasteiger partial charge in [0.05, 0.1) is 0 Å². The Morgan fingerprint density at radius 3 is 2.32 bits per heavy atom. The van der Waals surface area contributed by atoms with Gasteiger partial charge in [0.1, 0.15) is 0 Å². The maximum Gasteiger partial charge on any atom is 0.222 e. The van der Waals surface area contributed by atoms with Gasteiger partial charge in [-0.3, -0.25) is 9.59 Å². The molecule has 0 aromatic rings. The Balaban J connectivity index is 2.22. The SMILES string of the molecule is CC(C)C(=O)NC1CCN(CCC(C)C(N)=O)CC1. The summed E-state index contributed by atoms with van der Waals surface area (Å²) in [5.41, 5.74) is 5.25. The summed E-state index contributed by atoms with van der Waals surface area (Å²) in [7, 11) is 0. The van der Waals surface area contributed by atoms with Crippen LogP contribution in [0.15, 0.2) is 0 Å². The number of primary amides is 1. The van der Waals surface area contributed by atoms with E-state index in [1.165, 1.54) is 0 Å². The lowest BCUT2D eigenvalue weighted by Crippen LogP contribution is -2.46. The average Bonchev–Trinajstić information content (AvgIpc) is 2.37. The third kappa shape index (κ3) is 5.59. The monoisotopic (exact) mass is 269 g/mol. The maximum absolute atomic E-state index is 11.6. The van der Waals surface area contributed by atoms with E-state index in [0.717, 1.165) is 38.9 Å². The first-order valence-corrected chi connectivity index (χ1v) is 7.22. The fraction of sp³-hybridized carbons (Fsp3) is 0.857. The zero-order chi connectivity index (χ0) is 14.4. The van der Waals surface area contributed by atoms with Crippen LogP contribution >= 0.6 is 0 Å². The molecule has 0 spiro atoms. The van der Waals surface area contributed by atoms with Crippen LogP contribution in [0.4, 0.5) is 0 Å². The van der Waals surface area contributed by atoms with E-state index < -0.39 is 0 Å². The van der Waals surface area contributed by atoms with Gasteiger partial charge in [0.2, 0.25) is 11.8 Å². The number of hydrogen-bond acceptors (Lipinski definition) is 3. The summed E-state index contributed by atoms with van der Waals surface area (Å²) in [4.78, 5) is 24.9. The molecule has 1 rings (SSSR count). The molecule has 0 aliphatic carbocycles. The molecular formula is C14H27N3O2. The number of piperidine rings is 1. The molecule has 0 radical (unpaired) electrons. The van der Waals surface area contributed by atoms with Crippen LogP contribution < -0.4 is 11.1 Å². The van der Waals surface area contributed by atoms with Crippen molar-refractivity contribution in [3.63, 3.8) is 0 Å². The smallest absolute Gasteiger partial charge is 0.222 e. The lowest BCUT2D eigenvalue weighted by atomic mass is 10.0. The van der Waals surface area contributed by atoms with Crippen molar-refractivity contribution in [2.45, 2.75) is 46.1 Å². The summed E-state index contributed by atoms with van der Waals surface area (Å²) in [5, 5.41) is 3.08. The van der Waals surface area contributed by atoms with Gasteiger partial charge in [-0.15, -0.1) is 0 Å². The first-order valence-electron chi connectivity index (χ1n) is 7.22. The normalized spacial score (nSPS) is 19.4. The van der Waals surface area contributed by atoms with Gasteiger partial charge in [0, 0.05) is 31.0 Å². The van der Waals surface area contributed by atoms with Crippen molar-refractivity contribution in [3.05, 3.63) is 0 Å². The highest BCUT2D eigenvalue weighted by Gasteiger charge is 2.22. The van der Waals surface area contributed by atoms with Crippen molar-refractivity contribution >= 4 is 11.8 Å². The molecule has 0 saturated carbocycles. The second kappa shape index (κ2) is 7.48. The molecule has 1 atom stereocenters. The molecule has 5 nitrogen and oxygen atoms in total. The standard InChI is InChI=1S/C14H27N3O2/c1-10(2)14(19)16-12-5-8-17(9-6-12)7-4-11(3)13(15)18/h10-12H,4-9H2,1-3H3,(H2,15,18)(H,16,19). The van der Waals surface area contributed by atoms with E-state index in [4.69, 9.17) is 5.73 Å². The number of amides is 2. The Morgan fingerprint density at radius 1 is 1.26 bits per heavy atom. The number of likely N-dealkylation sites (tertiary alicyclic amines) is 1.